The molecule has 2 aromatic rings. The molecule has 0 unspecified atom stereocenters. The van der Waals surface area contributed by atoms with Gasteiger partial charge in [-0.05, 0) is 12.1 Å². The Morgan fingerprint density at radius 3 is 2.83 bits per heavy atom. The number of hydrogen-bond acceptors (Lipinski definition) is 6. The van der Waals surface area contributed by atoms with Gasteiger partial charge in [-0.1, -0.05) is 18.2 Å². The number of benzene rings is 1. The van der Waals surface area contributed by atoms with Crippen molar-refractivity contribution in [3.8, 4) is 0 Å². The van der Waals surface area contributed by atoms with Gasteiger partial charge in [0.15, 0.2) is 0 Å². The van der Waals surface area contributed by atoms with Gasteiger partial charge in [0.1, 0.15) is 18.3 Å². The van der Waals surface area contributed by atoms with Crippen molar-refractivity contribution in [2.75, 3.05) is 12.4 Å². The van der Waals surface area contributed by atoms with Crippen LogP contribution < -0.4 is 11.2 Å². The van der Waals surface area contributed by atoms with Crippen LogP contribution >= 0.6 is 11.8 Å². The quantitative estimate of drug-likeness (QED) is 0.838. The molecule has 0 amide bonds. The fourth-order valence-corrected chi connectivity index (χ4v) is 3.12. The monoisotopic (exact) mass is 334 g/mol. The van der Waals surface area contributed by atoms with E-state index in [1.54, 1.807) is 24.3 Å². The summed E-state index contributed by atoms with van der Waals surface area (Å²) in [5.74, 6) is 0.110. The topological polar surface area (TPSA) is 90.4 Å². The van der Waals surface area contributed by atoms with Crippen molar-refractivity contribution in [1.82, 2.24) is 9.55 Å². The summed E-state index contributed by atoms with van der Waals surface area (Å²) in [4.78, 5) is 36.8. The Kier molecular flexibility index (Phi) is 4.63. The summed E-state index contributed by atoms with van der Waals surface area (Å²) >= 11 is 1.44. The van der Waals surface area contributed by atoms with Crippen LogP contribution in [-0.4, -0.2) is 33.3 Å². The highest BCUT2D eigenvalue weighted by Gasteiger charge is 2.29. The van der Waals surface area contributed by atoms with Crippen molar-refractivity contribution in [3.63, 3.8) is 0 Å². The predicted octanol–water partition coefficient (Wildman–Crippen LogP) is 0.982. The van der Waals surface area contributed by atoms with E-state index < -0.39 is 23.4 Å². The molecule has 0 radical (unpaired) electrons. The van der Waals surface area contributed by atoms with E-state index in [2.05, 4.69) is 4.98 Å². The average Bonchev–Trinajstić information content (AvgIpc) is 3.02. The molecule has 23 heavy (non-hydrogen) atoms. The standard InChI is InChI=1S/C15H14N2O5S/c18-11-6-7-17(15(20)16-11)12-9-23-13(22-12)8-21-14(19)10-4-2-1-3-5-10/h1-7,12-13H,8-9H2,(H,16,18,20)/t12-,13-/m0/s1. The minimum Gasteiger partial charge on any atom is -0.458 e. The number of nitrogens with one attached hydrogen (secondary N) is 1. The van der Waals surface area contributed by atoms with Gasteiger partial charge in [-0.25, -0.2) is 9.59 Å². The van der Waals surface area contributed by atoms with E-state index in [9.17, 15) is 14.4 Å². The van der Waals surface area contributed by atoms with Crippen LogP contribution in [0, 0.1) is 0 Å². The number of thioether (sulfide) groups is 1. The van der Waals surface area contributed by atoms with E-state index in [0.29, 0.717) is 11.3 Å². The molecular weight excluding hydrogens is 320 g/mol. The number of carbonyl (C=O) groups is 1. The Hall–Kier alpha value is -2.32. The second-order valence-electron chi connectivity index (χ2n) is 4.84. The van der Waals surface area contributed by atoms with Crippen LogP contribution in [-0.2, 0) is 9.47 Å². The average molecular weight is 334 g/mol. The van der Waals surface area contributed by atoms with Gasteiger partial charge in [0.2, 0.25) is 0 Å². The van der Waals surface area contributed by atoms with Crippen molar-refractivity contribution in [3.05, 3.63) is 69.0 Å². The molecule has 2 heterocycles. The van der Waals surface area contributed by atoms with Crippen LogP contribution in [0.1, 0.15) is 16.6 Å². The number of esters is 1. The van der Waals surface area contributed by atoms with Crippen molar-refractivity contribution in [1.29, 1.82) is 0 Å². The number of carbonyl (C=O) groups excluding carboxylic acids is 1. The largest absolute Gasteiger partial charge is 0.458 e. The number of aromatic nitrogens is 2. The smallest absolute Gasteiger partial charge is 0.338 e. The van der Waals surface area contributed by atoms with E-state index in [0.717, 1.165) is 0 Å². The highest BCUT2D eigenvalue weighted by atomic mass is 32.2. The lowest BCUT2D eigenvalue weighted by atomic mass is 10.2. The van der Waals surface area contributed by atoms with Gasteiger partial charge in [-0.3, -0.25) is 14.3 Å². The number of hydrogen-bond donors (Lipinski definition) is 1. The molecule has 3 rings (SSSR count). The molecule has 0 aliphatic carbocycles. The first kappa shape index (κ1) is 15.6. The zero-order valence-electron chi connectivity index (χ0n) is 12.0. The Morgan fingerprint density at radius 2 is 2.09 bits per heavy atom. The molecule has 0 spiro atoms. The summed E-state index contributed by atoms with van der Waals surface area (Å²) in [5.41, 5.74) is -0.856. The predicted molar refractivity (Wildman–Crippen MR) is 84.4 cm³/mol. The Labute approximate surface area is 135 Å². The lowest BCUT2D eigenvalue weighted by Gasteiger charge is -2.14. The molecule has 1 fully saturated rings. The van der Waals surface area contributed by atoms with Crippen molar-refractivity contribution in [2.24, 2.45) is 0 Å². The summed E-state index contributed by atoms with van der Waals surface area (Å²) in [6, 6.07) is 9.95. The Morgan fingerprint density at radius 1 is 1.30 bits per heavy atom. The molecule has 1 aromatic carbocycles. The molecule has 0 saturated carbocycles. The first-order valence-electron chi connectivity index (χ1n) is 6.94. The molecule has 0 bridgehead atoms. The molecule has 120 valence electrons. The van der Waals surface area contributed by atoms with Crippen LogP contribution in [0.15, 0.2) is 52.2 Å². The Bertz CT molecular complexity index is 801. The second kappa shape index (κ2) is 6.84. The lowest BCUT2D eigenvalue weighted by molar-refractivity contribution is -0.0178. The van der Waals surface area contributed by atoms with Gasteiger partial charge in [0.25, 0.3) is 5.56 Å². The summed E-state index contributed by atoms with van der Waals surface area (Å²) < 4.78 is 12.2. The third-order valence-electron chi connectivity index (χ3n) is 3.25. The van der Waals surface area contributed by atoms with Crippen molar-refractivity contribution >= 4 is 17.7 Å². The van der Waals surface area contributed by atoms with Gasteiger partial charge < -0.3 is 9.47 Å². The van der Waals surface area contributed by atoms with Crippen LogP contribution in [0.5, 0.6) is 0 Å². The summed E-state index contributed by atoms with van der Waals surface area (Å²) in [6.45, 7) is 0.0903. The van der Waals surface area contributed by atoms with Gasteiger partial charge in [0.05, 0.1) is 5.56 Å². The molecule has 8 heteroatoms. The highest BCUT2D eigenvalue weighted by Crippen LogP contribution is 2.30. The second-order valence-corrected chi connectivity index (χ2v) is 6.03. The number of nitrogens with zero attached hydrogens (tertiary/aromatic N) is 1. The number of aromatic amines is 1. The summed E-state index contributed by atoms with van der Waals surface area (Å²) in [7, 11) is 0. The minimum atomic E-state index is -0.523. The van der Waals surface area contributed by atoms with Gasteiger partial charge >= 0.3 is 11.7 Å². The maximum atomic E-state index is 11.9. The van der Waals surface area contributed by atoms with E-state index >= 15 is 0 Å². The zero-order chi connectivity index (χ0) is 16.2. The normalized spacial score (nSPS) is 20.3. The molecule has 1 saturated heterocycles. The van der Waals surface area contributed by atoms with Crippen LogP contribution in [0.4, 0.5) is 0 Å². The molecular formula is C15H14N2O5S. The Balaban J connectivity index is 1.57. The maximum Gasteiger partial charge on any atom is 0.338 e. The fraction of sp³-hybridized carbons (Fsp3) is 0.267. The van der Waals surface area contributed by atoms with Gasteiger partial charge in [0, 0.05) is 18.0 Å². The zero-order valence-corrected chi connectivity index (χ0v) is 12.8. The molecule has 1 N–H and O–H groups in total. The number of ether oxygens (including phenoxy) is 2. The molecule has 2 atom stereocenters. The number of rotatable bonds is 4. The molecule has 1 aromatic heterocycles. The van der Waals surface area contributed by atoms with Gasteiger partial charge in [-0.15, -0.1) is 11.8 Å². The van der Waals surface area contributed by atoms with E-state index in [1.807, 2.05) is 6.07 Å². The van der Waals surface area contributed by atoms with Crippen LogP contribution in [0.25, 0.3) is 0 Å². The van der Waals surface area contributed by atoms with E-state index in [4.69, 9.17) is 9.47 Å². The van der Waals surface area contributed by atoms with Gasteiger partial charge in [-0.2, -0.15) is 0 Å². The third-order valence-corrected chi connectivity index (χ3v) is 4.35. The third kappa shape index (κ3) is 3.72. The van der Waals surface area contributed by atoms with Crippen LogP contribution in [0.2, 0.25) is 0 Å². The first-order valence-corrected chi connectivity index (χ1v) is 7.99. The molecule has 1 aliphatic rings. The van der Waals surface area contributed by atoms with E-state index in [-0.39, 0.29) is 12.0 Å². The summed E-state index contributed by atoms with van der Waals surface area (Å²) in [5, 5.41) is 0. The number of H-pyrrole nitrogens is 1. The van der Waals surface area contributed by atoms with Crippen molar-refractivity contribution < 1.29 is 14.3 Å². The maximum absolute atomic E-state index is 11.9. The van der Waals surface area contributed by atoms with E-state index in [1.165, 1.54) is 28.6 Å². The first-order chi connectivity index (χ1) is 11.1. The SMILES string of the molecule is O=C(OC[C@H]1O[C@H](n2ccc(=O)[nH]c2=O)CS1)c1ccccc1. The highest BCUT2D eigenvalue weighted by molar-refractivity contribution is 8.00. The molecule has 7 nitrogen and oxygen atoms in total. The minimum absolute atomic E-state index is 0.0903. The lowest BCUT2D eigenvalue weighted by Crippen LogP contribution is -2.32. The summed E-state index contributed by atoms with van der Waals surface area (Å²) in [6.07, 6.45) is 0.898. The van der Waals surface area contributed by atoms with Crippen LogP contribution in [0.3, 0.4) is 0 Å². The van der Waals surface area contributed by atoms with Crippen molar-refractivity contribution in [2.45, 2.75) is 11.7 Å². The molecule has 1 aliphatic heterocycles. The fourth-order valence-electron chi connectivity index (χ4n) is 2.13.